The van der Waals surface area contributed by atoms with E-state index < -0.39 is 6.10 Å². The van der Waals surface area contributed by atoms with Crippen molar-refractivity contribution in [3.05, 3.63) is 56.9 Å². The SMILES string of the molecule is Cc1cc2c(C)c(-c3oc4c(c3C)[C@@H](O)[C@@]3(C)C(=CCC[C@@H]3C)C4)oc2c2c1CCC[C@@H]2C. The van der Waals surface area contributed by atoms with Crippen molar-refractivity contribution in [2.75, 3.05) is 0 Å². The number of aryl methyl sites for hydroxylation is 2. The van der Waals surface area contributed by atoms with Gasteiger partial charge < -0.3 is 13.9 Å². The zero-order chi connectivity index (χ0) is 23.2. The van der Waals surface area contributed by atoms with E-state index >= 15 is 0 Å². The Hall–Kier alpha value is -2.26. The number of fused-ring (bicyclic) bond motifs is 5. The zero-order valence-corrected chi connectivity index (χ0v) is 20.9. The largest absolute Gasteiger partial charge is 0.457 e. The lowest BCUT2D eigenvalue weighted by Crippen LogP contribution is -2.40. The highest BCUT2D eigenvalue weighted by atomic mass is 16.4. The molecule has 3 aromatic rings. The molecule has 0 aliphatic heterocycles. The van der Waals surface area contributed by atoms with Crippen LogP contribution in [0.2, 0.25) is 0 Å². The summed E-state index contributed by atoms with van der Waals surface area (Å²) in [5, 5.41) is 12.8. The first-order valence-electron chi connectivity index (χ1n) is 12.8. The minimum atomic E-state index is -0.542. The van der Waals surface area contributed by atoms with E-state index in [1.165, 1.54) is 40.5 Å². The molecular formula is C30H36O3. The molecule has 3 aliphatic carbocycles. The highest BCUT2D eigenvalue weighted by molar-refractivity contribution is 5.91. The third-order valence-electron chi connectivity index (χ3n) is 9.53. The number of hydrogen-bond donors (Lipinski definition) is 1. The van der Waals surface area contributed by atoms with E-state index in [9.17, 15) is 5.11 Å². The van der Waals surface area contributed by atoms with Gasteiger partial charge in [0.25, 0.3) is 0 Å². The highest BCUT2D eigenvalue weighted by Crippen LogP contribution is 2.57. The maximum atomic E-state index is 11.6. The van der Waals surface area contributed by atoms with E-state index in [1.54, 1.807) is 0 Å². The van der Waals surface area contributed by atoms with E-state index in [2.05, 4.69) is 53.7 Å². The lowest BCUT2D eigenvalue weighted by atomic mass is 9.59. The predicted molar refractivity (Wildman–Crippen MR) is 133 cm³/mol. The Morgan fingerprint density at radius 2 is 1.76 bits per heavy atom. The minimum absolute atomic E-state index is 0.217. The van der Waals surface area contributed by atoms with Crippen molar-refractivity contribution in [3.63, 3.8) is 0 Å². The van der Waals surface area contributed by atoms with Gasteiger partial charge in [-0.05, 0) is 81.9 Å². The molecule has 0 unspecified atom stereocenters. The molecule has 3 aliphatic rings. The fourth-order valence-corrected chi connectivity index (χ4v) is 7.17. The summed E-state index contributed by atoms with van der Waals surface area (Å²) in [5.41, 5.74) is 9.59. The summed E-state index contributed by atoms with van der Waals surface area (Å²) in [4.78, 5) is 0. The zero-order valence-electron chi connectivity index (χ0n) is 20.9. The summed E-state index contributed by atoms with van der Waals surface area (Å²) >= 11 is 0. The van der Waals surface area contributed by atoms with Gasteiger partial charge in [-0.3, -0.25) is 0 Å². The van der Waals surface area contributed by atoms with Crippen molar-refractivity contribution in [3.8, 4) is 11.5 Å². The van der Waals surface area contributed by atoms with Crippen LogP contribution in [0.15, 0.2) is 26.5 Å². The van der Waals surface area contributed by atoms with Crippen LogP contribution in [0.1, 0.15) is 97.6 Å². The fraction of sp³-hybridized carbons (Fsp3) is 0.533. The first-order valence-corrected chi connectivity index (χ1v) is 12.8. The van der Waals surface area contributed by atoms with Crippen LogP contribution in [0.3, 0.4) is 0 Å². The summed E-state index contributed by atoms with van der Waals surface area (Å²) in [6.45, 7) is 13.4. The van der Waals surface area contributed by atoms with Crippen LogP contribution < -0.4 is 0 Å². The molecule has 0 spiro atoms. The second-order valence-electron chi connectivity index (χ2n) is 11.3. The highest BCUT2D eigenvalue weighted by Gasteiger charge is 2.49. The van der Waals surface area contributed by atoms with Crippen molar-refractivity contribution in [2.24, 2.45) is 11.3 Å². The maximum absolute atomic E-state index is 11.6. The van der Waals surface area contributed by atoms with Gasteiger partial charge in [0.15, 0.2) is 11.5 Å². The molecule has 2 heterocycles. The van der Waals surface area contributed by atoms with Gasteiger partial charge in [-0.15, -0.1) is 0 Å². The molecule has 0 saturated carbocycles. The van der Waals surface area contributed by atoms with Crippen molar-refractivity contribution in [1.29, 1.82) is 0 Å². The van der Waals surface area contributed by atoms with Crippen LogP contribution in [-0.4, -0.2) is 5.11 Å². The topological polar surface area (TPSA) is 46.5 Å². The van der Waals surface area contributed by atoms with Crippen LogP contribution in [0.4, 0.5) is 0 Å². The molecular weight excluding hydrogens is 408 g/mol. The van der Waals surface area contributed by atoms with Crippen molar-refractivity contribution in [1.82, 2.24) is 0 Å². The molecule has 6 rings (SSSR count). The molecule has 2 aromatic heterocycles. The average Bonchev–Trinajstić information content (AvgIpc) is 3.27. The average molecular weight is 445 g/mol. The third kappa shape index (κ3) is 2.72. The Labute approximate surface area is 196 Å². The monoisotopic (exact) mass is 444 g/mol. The van der Waals surface area contributed by atoms with E-state index in [4.69, 9.17) is 8.83 Å². The number of aliphatic hydroxyl groups is 1. The number of furan rings is 2. The predicted octanol–water partition coefficient (Wildman–Crippen LogP) is 8.01. The third-order valence-corrected chi connectivity index (χ3v) is 9.53. The number of aliphatic hydroxyl groups excluding tert-OH is 1. The second kappa shape index (κ2) is 7.12. The van der Waals surface area contributed by atoms with Crippen LogP contribution in [-0.2, 0) is 12.8 Å². The molecule has 33 heavy (non-hydrogen) atoms. The number of benzene rings is 1. The Kier molecular flexibility index (Phi) is 4.59. The molecule has 174 valence electrons. The molecule has 0 saturated heterocycles. The summed E-state index contributed by atoms with van der Waals surface area (Å²) in [7, 11) is 0. The van der Waals surface area contributed by atoms with Gasteiger partial charge in [-0.25, -0.2) is 0 Å². The lowest BCUT2D eigenvalue weighted by Gasteiger charge is -2.47. The molecule has 0 amide bonds. The smallest absolute Gasteiger partial charge is 0.173 e. The maximum Gasteiger partial charge on any atom is 0.173 e. The van der Waals surface area contributed by atoms with Gasteiger partial charge in [-0.2, -0.15) is 0 Å². The number of rotatable bonds is 1. The summed E-state index contributed by atoms with van der Waals surface area (Å²) in [6, 6.07) is 2.31. The van der Waals surface area contributed by atoms with E-state index in [0.717, 1.165) is 65.2 Å². The first-order chi connectivity index (χ1) is 15.7. The molecule has 0 fully saturated rings. The van der Waals surface area contributed by atoms with Gasteiger partial charge in [0.1, 0.15) is 11.3 Å². The molecule has 3 nitrogen and oxygen atoms in total. The quantitative estimate of drug-likeness (QED) is 0.387. The summed E-state index contributed by atoms with van der Waals surface area (Å²) in [6.07, 6.45) is 8.41. The van der Waals surface area contributed by atoms with Gasteiger partial charge in [-0.1, -0.05) is 32.4 Å². The van der Waals surface area contributed by atoms with E-state index in [0.29, 0.717) is 11.8 Å². The Morgan fingerprint density at radius 3 is 2.55 bits per heavy atom. The van der Waals surface area contributed by atoms with Crippen molar-refractivity contribution in [2.45, 2.75) is 92.1 Å². The van der Waals surface area contributed by atoms with Gasteiger partial charge >= 0.3 is 0 Å². The summed E-state index contributed by atoms with van der Waals surface area (Å²) in [5.74, 6) is 3.52. The van der Waals surface area contributed by atoms with E-state index in [-0.39, 0.29) is 5.41 Å². The Bertz CT molecular complexity index is 1320. The van der Waals surface area contributed by atoms with Crippen LogP contribution in [0.5, 0.6) is 0 Å². The molecule has 3 heteroatoms. The molecule has 4 atom stereocenters. The fourth-order valence-electron chi connectivity index (χ4n) is 7.17. The van der Waals surface area contributed by atoms with Gasteiger partial charge in [0.2, 0.25) is 0 Å². The molecule has 0 bridgehead atoms. The number of hydrogen-bond acceptors (Lipinski definition) is 3. The van der Waals surface area contributed by atoms with Crippen LogP contribution in [0, 0.1) is 32.1 Å². The Balaban J connectivity index is 1.55. The van der Waals surface area contributed by atoms with Crippen LogP contribution >= 0.6 is 0 Å². The van der Waals surface area contributed by atoms with Crippen molar-refractivity contribution < 1.29 is 13.9 Å². The standard InChI is InChI=1S/C30H36O3/c1-15-9-7-12-21-16(2)13-22-18(4)26(33-28(22)24(15)21)27-19(5)25-23(32-27)14-20-11-8-10-17(3)30(20,6)29(25)31/h11,13,15,17,29,31H,7-10,12,14H2,1-6H3/t15-,17-,29+,30+/m0/s1. The first kappa shape index (κ1) is 21.3. The van der Waals surface area contributed by atoms with Gasteiger partial charge in [0.05, 0.1) is 6.10 Å². The Morgan fingerprint density at radius 1 is 1.00 bits per heavy atom. The van der Waals surface area contributed by atoms with Crippen molar-refractivity contribution >= 4 is 11.0 Å². The molecule has 0 radical (unpaired) electrons. The normalized spacial score (nSPS) is 28.9. The lowest BCUT2D eigenvalue weighted by molar-refractivity contribution is 0.00631. The van der Waals surface area contributed by atoms with Crippen LogP contribution in [0.25, 0.3) is 22.5 Å². The molecule has 1 N–H and O–H groups in total. The summed E-state index contributed by atoms with van der Waals surface area (Å²) < 4.78 is 13.2. The second-order valence-corrected chi connectivity index (χ2v) is 11.3. The minimum Gasteiger partial charge on any atom is -0.457 e. The number of allylic oxidation sites excluding steroid dienone is 1. The van der Waals surface area contributed by atoms with E-state index in [1.807, 2.05) is 0 Å². The van der Waals surface area contributed by atoms with Gasteiger partial charge in [0, 0.05) is 39.5 Å². The molecule has 1 aromatic carbocycles.